The number of thiazole rings is 1. The molecule has 2 amide bonds. The zero-order valence-corrected chi connectivity index (χ0v) is 13.1. The van der Waals surface area contributed by atoms with Crippen molar-refractivity contribution in [3.8, 4) is 0 Å². The predicted molar refractivity (Wildman–Crippen MR) is 81.0 cm³/mol. The molecule has 116 valence electrons. The molecule has 1 fully saturated rings. The van der Waals surface area contributed by atoms with Gasteiger partial charge in [-0.05, 0) is 12.8 Å². The Morgan fingerprint density at radius 2 is 2.29 bits per heavy atom. The van der Waals surface area contributed by atoms with Crippen LogP contribution in [0, 0.1) is 0 Å². The number of esters is 1. The van der Waals surface area contributed by atoms with Crippen molar-refractivity contribution in [2.24, 2.45) is 0 Å². The molecule has 7 nitrogen and oxygen atoms in total. The number of urea groups is 1. The molecule has 2 unspecified atom stereocenters. The Morgan fingerprint density at radius 1 is 1.48 bits per heavy atom. The molecule has 3 heterocycles. The molecule has 2 bridgehead atoms. The average molecular weight is 333 g/mol. The van der Waals surface area contributed by atoms with Crippen molar-refractivity contribution in [1.82, 2.24) is 15.6 Å². The van der Waals surface area contributed by atoms with Crippen molar-refractivity contribution >= 4 is 40.9 Å². The summed E-state index contributed by atoms with van der Waals surface area (Å²) in [6.45, 7) is -0.153. The van der Waals surface area contributed by atoms with Crippen LogP contribution in [0.1, 0.15) is 29.5 Å². The molecule has 3 N–H and O–H groups in total. The van der Waals surface area contributed by atoms with Gasteiger partial charge < -0.3 is 15.4 Å². The van der Waals surface area contributed by atoms with Crippen LogP contribution in [0.15, 0.2) is 0 Å². The van der Waals surface area contributed by atoms with Gasteiger partial charge in [-0.2, -0.15) is 0 Å². The van der Waals surface area contributed by atoms with Crippen LogP contribution >= 0.6 is 23.7 Å². The molecule has 0 saturated carbocycles. The molecule has 2 aliphatic heterocycles. The lowest BCUT2D eigenvalue weighted by molar-refractivity contribution is -0.139. The normalized spacial score (nSPS) is 22.0. The highest BCUT2D eigenvalue weighted by Gasteiger charge is 2.34. The summed E-state index contributed by atoms with van der Waals surface area (Å²) >= 11 is 1.50. The molecule has 2 aliphatic rings. The number of hydrogen-bond acceptors (Lipinski definition) is 6. The van der Waals surface area contributed by atoms with Gasteiger partial charge in [-0.15, -0.1) is 12.4 Å². The van der Waals surface area contributed by atoms with Crippen LogP contribution in [-0.2, 0) is 16.0 Å². The maximum absolute atomic E-state index is 11.6. The molecular weight excluding hydrogens is 316 g/mol. The monoisotopic (exact) mass is 332 g/mol. The Balaban J connectivity index is 0.00000161. The highest BCUT2D eigenvalue weighted by atomic mass is 35.5. The van der Waals surface area contributed by atoms with E-state index >= 15 is 0 Å². The summed E-state index contributed by atoms with van der Waals surface area (Å²) in [5, 5.41) is 9.20. The Labute approximate surface area is 132 Å². The minimum absolute atomic E-state index is 0. The molecule has 0 radical (unpaired) electrons. The number of anilines is 1. The minimum Gasteiger partial charge on any atom is -0.468 e. The van der Waals surface area contributed by atoms with E-state index in [4.69, 9.17) is 0 Å². The topological polar surface area (TPSA) is 92.3 Å². The van der Waals surface area contributed by atoms with Gasteiger partial charge in [0.05, 0.1) is 12.8 Å². The average Bonchev–Trinajstić information content (AvgIpc) is 3.01. The lowest BCUT2D eigenvalue weighted by Gasteiger charge is -2.19. The van der Waals surface area contributed by atoms with Gasteiger partial charge >= 0.3 is 12.0 Å². The zero-order chi connectivity index (χ0) is 14.1. The third-order valence-corrected chi connectivity index (χ3v) is 4.69. The van der Waals surface area contributed by atoms with E-state index in [1.54, 1.807) is 0 Å². The molecule has 3 rings (SSSR count). The van der Waals surface area contributed by atoms with E-state index in [0.29, 0.717) is 17.2 Å². The summed E-state index contributed by atoms with van der Waals surface area (Å²) in [5.41, 5.74) is 1.09. The summed E-state index contributed by atoms with van der Waals surface area (Å²) in [6.07, 6.45) is 3.25. The van der Waals surface area contributed by atoms with Crippen molar-refractivity contribution < 1.29 is 14.3 Å². The highest BCUT2D eigenvalue weighted by molar-refractivity contribution is 7.16. The molecule has 0 aromatic carbocycles. The van der Waals surface area contributed by atoms with Gasteiger partial charge in [0.1, 0.15) is 6.54 Å². The van der Waals surface area contributed by atoms with Crippen LogP contribution in [0.25, 0.3) is 0 Å². The van der Waals surface area contributed by atoms with Crippen molar-refractivity contribution in [1.29, 1.82) is 0 Å². The third-order valence-electron chi connectivity index (χ3n) is 3.57. The molecule has 9 heteroatoms. The van der Waals surface area contributed by atoms with E-state index in [1.807, 2.05) is 0 Å². The van der Waals surface area contributed by atoms with Crippen molar-refractivity contribution in [3.63, 3.8) is 0 Å². The Kier molecular flexibility index (Phi) is 5.02. The summed E-state index contributed by atoms with van der Waals surface area (Å²) in [6, 6.07) is 0.463. The van der Waals surface area contributed by atoms with E-state index in [-0.39, 0.29) is 19.0 Å². The van der Waals surface area contributed by atoms with Crippen LogP contribution < -0.4 is 16.0 Å². The fourth-order valence-corrected chi connectivity index (χ4v) is 3.70. The Bertz CT molecular complexity index is 551. The number of nitrogens with one attached hydrogen (secondary N) is 3. The van der Waals surface area contributed by atoms with E-state index < -0.39 is 12.0 Å². The Hall–Kier alpha value is -1.38. The Morgan fingerprint density at radius 3 is 3.05 bits per heavy atom. The number of amides is 2. The number of methoxy groups -OCH3 is 1. The van der Waals surface area contributed by atoms with Gasteiger partial charge in [0.25, 0.3) is 0 Å². The molecule has 1 aromatic heterocycles. The van der Waals surface area contributed by atoms with E-state index in [2.05, 4.69) is 25.7 Å². The summed E-state index contributed by atoms with van der Waals surface area (Å²) < 4.78 is 4.45. The first-order chi connectivity index (χ1) is 9.65. The number of ether oxygens (including phenoxy) is 1. The maximum atomic E-state index is 11.6. The fourth-order valence-electron chi connectivity index (χ4n) is 2.62. The second kappa shape index (κ2) is 6.59. The number of halogens is 1. The van der Waals surface area contributed by atoms with E-state index in [1.165, 1.54) is 29.7 Å². The van der Waals surface area contributed by atoms with Crippen LogP contribution in [-0.4, -0.2) is 36.7 Å². The number of nitrogens with zero attached hydrogens (tertiary/aromatic N) is 1. The lowest BCUT2D eigenvalue weighted by atomic mass is 10.1. The first-order valence-corrected chi connectivity index (χ1v) is 7.34. The van der Waals surface area contributed by atoms with Gasteiger partial charge in [0.2, 0.25) is 0 Å². The minimum atomic E-state index is -0.486. The van der Waals surface area contributed by atoms with Gasteiger partial charge in [-0.3, -0.25) is 10.1 Å². The number of carbonyl (C=O) groups excluding carboxylic acids is 2. The molecular formula is C12H17ClN4O3S. The summed E-state index contributed by atoms with van der Waals surface area (Å²) in [4.78, 5) is 28.2. The summed E-state index contributed by atoms with van der Waals surface area (Å²) in [7, 11) is 1.28. The molecule has 0 aliphatic carbocycles. The summed E-state index contributed by atoms with van der Waals surface area (Å²) in [5.74, 6) is -0.486. The quantitative estimate of drug-likeness (QED) is 0.724. The SMILES string of the molecule is COC(=O)CNC(=O)Nc1nc2c(s1)C1CCC(C2)N1.Cl. The second-order valence-corrected chi connectivity index (χ2v) is 5.94. The number of carbonyl (C=O) groups is 2. The van der Waals surface area contributed by atoms with Crippen molar-refractivity contribution in [2.75, 3.05) is 19.0 Å². The fraction of sp³-hybridized carbons (Fsp3) is 0.583. The largest absolute Gasteiger partial charge is 0.468 e. The highest BCUT2D eigenvalue weighted by Crippen LogP contribution is 2.40. The molecule has 21 heavy (non-hydrogen) atoms. The van der Waals surface area contributed by atoms with Crippen LogP contribution in [0.4, 0.5) is 9.93 Å². The van der Waals surface area contributed by atoms with Crippen molar-refractivity contribution in [3.05, 3.63) is 10.6 Å². The standard InChI is InChI=1S/C12H16N4O3S.ClH/c1-19-9(17)5-13-11(18)16-12-15-8-4-6-2-3-7(14-6)10(8)20-12;/h6-7,14H,2-5H2,1H3,(H2,13,15,16,18);1H. The second-order valence-electron chi connectivity index (χ2n) is 4.91. The van der Waals surface area contributed by atoms with Crippen LogP contribution in [0.3, 0.4) is 0 Å². The number of hydrogen-bond donors (Lipinski definition) is 3. The van der Waals surface area contributed by atoms with Crippen LogP contribution in [0.5, 0.6) is 0 Å². The van der Waals surface area contributed by atoms with Crippen LogP contribution in [0.2, 0.25) is 0 Å². The number of rotatable bonds is 3. The smallest absolute Gasteiger partial charge is 0.325 e. The van der Waals surface area contributed by atoms with Crippen molar-refractivity contribution in [2.45, 2.75) is 31.3 Å². The first kappa shape index (κ1) is 16.0. The molecule has 0 spiro atoms. The maximum Gasteiger partial charge on any atom is 0.325 e. The molecule has 1 saturated heterocycles. The van der Waals surface area contributed by atoms with E-state index in [9.17, 15) is 9.59 Å². The third kappa shape index (κ3) is 3.45. The van der Waals surface area contributed by atoms with Gasteiger partial charge in [0.15, 0.2) is 5.13 Å². The van der Waals surface area contributed by atoms with Gasteiger partial charge in [-0.1, -0.05) is 11.3 Å². The predicted octanol–water partition coefficient (Wildman–Crippen LogP) is 1.21. The lowest BCUT2D eigenvalue weighted by Crippen LogP contribution is -2.33. The number of fused-ring (bicyclic) bond motifs is 4. The molecule has 2 atom stereocenters. The van der Waals surface area contributed by atoms with Gasteiger partial charge in [-0.25, -0.2) is 9.78 Å². The van der Waals surface area contributed by atoms with Gasteiger partial charge in [0, 0.05) is 23.4 Å². The number of aromatic nitrogens is 1. The zero-order valence-electron chi connectivity index (χ0n) is 11.5. The first-order valence-electron chi connectivity index (χ1n) is 6.53. The van der Waals surface area contributed by atoms with E-state index in [0.717, 1.165) is 18.5 Å². The molecule has 1 aromatic rings.